The lowest BCUT2D eigenvalue weighted by Crippen LogP contribution is -2.25. The molecule has 0 unspecified atom stereocenters. The van der Waals surface area contributed by atoms with Crippen LogP contribution in [0.25, 0.3) is 22.3 Å². The molecule has 0 amide bonds. The molecular formula is C26H30O. The summed E-state index contributed by atoms with van der Waals surface area (Å²) in [7, 11) is 0. The molecule has 1 heteroatoms. The Morgan fingerprint density at radius 2 is 1.07 bits per heavy atom. The Morgan fingerprint density at radius 3 is 1.44 bits per heavy atom. The number of hydrogen-bond donors (Lipinski definition) is 1. The first-order valence-corrected chi connectivity index (χ1v) is 9.66. The number of aromatic hydroxyl groups is 1. The maximum Gasteiger partial charge on any atom is 0.131 e. The third-order valence-corrected chi connectivity index (χ3v) is 5.03. The SMILES string of the molecule is CC(C)(C)CC(C)(C)c1cc(-c2ccccc2)c(O)c(-c2ccccc2)c1. The molecule has 0 aliphatic heterocycles. The third-order valence-electron chi connectivity index (χ3n) is 5.03. The minimum atomic E-state index is -0.000981. The van der Waals surface area contributed by atoms with E-state index in [-0.39, 0.29) is 10.8 Å². The lowest BCUT2D eigenvalue weighted by atomic mass is 9.71. The molecule has 3 aromatic carbocycles. The highest BCUT2D eigenvalue weighted by atomic mass is 16.3. The van der Waals surface area contributed by atoms with E-state index in [9.17, 15) is 5.11 Å². The largest absolute Gasteiger partial charge is 0.507 e. The summed E-state index contributed by atoms with van der Waals surface area (Å²) in [4.78, 5) is 0. The molecule has 27 heavy (non-hydrogen) atoms. The van der Waals surface area contributed by atoms with Gasteiger partial charge < -0.3 is 5.11 Å². The summed E-state index contributed by atoms with van der Waals surface area (Å²) in [6.45, 7) is 11.4. The molecule has 0 saturated carbocycles. The highest BCUT2D eigenvalue weighted by Gasteiger charge is 2.29. The topological polar surface area (TPSA) is 20.2 Å². The van der Waals surface area contributed by atoms with Crippen molar-refractivity contribution >= 4 is 0 Å². The Kier molecular flexibility index (Phi) is 5.15. The van der Waals surface area contributed by atoms with Crippen LogP contribution in [-0.4, -0.2) is 5.11 Å². The van der Waals surface area contributed by atoms with Crippen LogP contribution in [0.5, 0.6) is 5.75 Å². The van der Waals surface area contributed by atoms with Gasteiger partial charge >= 0.3 is 0 Å². The van der Waals surface area contributed by atoms with E-state index in [2.05, 4.69) is 71.0 Å². The van der Waals surface area contributed by atoms with Crippen molar-refractivity contribution in [3.8, 4) is 28.0 Å². The van der Waals surface area contributed by atoms with Gasteiger partial charge in [0.15, 0.2) is 0 Å². The van der Waals surface area contributed by atoms with E-state index in [1.54, 1.807) is 0 Å². The fourth-order valence-electron chi connectivity index (χ4n) is 4.13. The summed E-state index contributed by atoms with van der Waals surface area (Å²) in [5.74, 6) is 0.350. The molecule has 3 aromatic rings. The molecule has 0 aromatic heterocycles. The van der Waals surface area contributed by atoms with Crippen LogP contribution in [-0.2, 0) is 5.41 Å². The van der Waals surface area contributed by atoms with Gasteiger partial charge in [0.05, 0.1) is 0 Å². The van der Waals surface area contributed by atoms with E-state index in [4.69, 9.17) is 0 Å². The molecule has 0 aliphatic carbocycles. The summed E-state index contributed by atoms with van der Waals surface area (Å²) in [6.07, 6.45) is 1.06. The average molecular weight is 359 g/mol. The van der Waals surface area contributed by atoms with E-state index < -0.39 is 0 Å². The minimum absolute atomic E-state index is 0.000981. The highest BCUT2D eigenvalue weighted by Crippen LogP contribution is 2.44. The molecule has 140 valence electrons. The number of phenolic OH excluding ortho intramolecular Hbond substituents is 1. The standard InChI is InChI=1S/C26H30O/c1-25(2,3)18-26(4,5)21-16-22(19-12-8-6-9-13-19)24(27)23(17-21)20-14-10-7-11-15-20/h6-17,27H,18H2,1-5H3. The molecule has 0 bridgehead atoms. The van der Waals surface area contributed by atoms with E-state index in [1.807, 2.05) is 36.4 Å². The van der Waals surface area contributed by atoms with Crippen molar-refractivity contribution in [2.24, 2.45) is 5.41 Å². The van der Waals surface area contributed by atoms with E-state index >= 15 is 0 Å². The number of phenols is 1. The first kappa shape index (κ1) is 19.2. The van der Waals surface area contributed by atoms with Gasteiger partial charge in [-0.3, -0.25) is 0 Å². The predicted molar refractivity (Wildman–Crippen MR) is 116 cm³/mol. The summed E-state index contributed by atoms with van der Waals surface area (Å²) in [6, 6.07) is 24.7. The van der Waals surface area contributed by atoms with Crippen molar-refractivity contribution in [2.45, 2.75) is 46.5 Å². The third kappa shape index (κ3) is 4.42. The molecule has 0 aliphatic rings. The molecule has 3 rings (SSSR count). The summed E-state index contributed by atoms with van der Waals surface area (Å²) in [5, 5.41) is 11.1. The Hall–Kier alpha value is -2.54. The smallest absolute Gasteiger partial charge is 0.131 e. The van der Waals surface area contributed by atoms with Crippen LogP contribution in [0.4, 0.5) is 0 Å². The Labute approximate surface area is 163 Å². The first-order valence-electron chi connectivity index (χ1n) is 9.66. The van der Waals surface area contributed by atoms with Gasteiger partial charge in [0.2, 0.25) is 0 Å². The number of hydrogen-bond acceptors (Lipinski definition) is 1. The van der Waals surface area contributed by atoms with E-state index in [0.717, 1.165) is 28.7 Å². The normalized spacial score (nSPS) is 12.2. The second-order valence-electron chi connectivity index (χ2n) is 9.27. The fraction of sp³-hybridized carbons (Fsp3) is 0.308. The molecule has 0 fully saturated rings. The summed E-state index contributed by atoms with van der Waals surface area (Å²) in [5.41, 5.74) is 5.36. The van der Waals surface area contributed by atoms with Gasteiger partial charge in [-0.1, -0.05) is 95.3 Å². The first-order chi connectivity index (χ1) is 12.7. The zero-order valence-electron chi connectivity index (χ0n) is 17.1. The van der Waals surface area contributed by atoms with Crippen LogP contribution in [0, 0.1) is 5.41 Å². The average Bonchev–Trinajstić information content (AvgIpc) is 2.61. The Bertz CT molecular complexity index is 839. The molecule has 1 N–H and O–H groups in total. The van der Waals surface area contributed by atoms with Crippen LogP contribution in [0.3, 0.4) is 0 Å². The maximum atomic E-state index is 11.1. The Balaban J connectivity index is 2.23. The molecule has 0 atom stereocenters. The van der Waals surface area contributed by atoms with Gasteiger partial charge in [-0.2, -0.15) is 0 Å². The van der Waals surface area contributed by atoms with Crippen LogP contribution < -0.4 is 0 Å². The van der Waals surface area contributed by atoms with Crippen molar-refractivity contribution in [2.75, 3.05) is 0 Å². The molecular weight excluding hydrogens is 328 g/mol. The summed E-state index contributed by atoms with van der Waals surface area (Å²) < 4.78 is 0. The predicted octanol–water partition coefficient (Wildman–Crippen LogP) is 7.44. The quantitative estimate of drug-likeness (QED) is 0.514. The van der Waals surface area contributed by atoms with Gasteiger partial charge in [0, 0.05) is 11.1 Å². The van der Waals surface area contributed by atoms with Gasteiger partial charge in [-0.05, 0) is 46.1 Å². The van der Waals surface area contributed by atoms with Crippen LogP contribution in [0.1, 0.15) is 46.6 Å². The molecule has 0 heterocycles. The van der Waals surface area contributed by atoms with Gasteiger partial charge in [-0.25, -0.2) is 0 Å². The lowest BCUT2D eigenvalue weighted by Gasteiger charge is -2.34. The van der Waals surface area contributed by atoms with Crippen molar-refractivity contribution in [1.29, 1.82) is 0 Å². The maximum absolute atomic E-state index is 11.1. The van der Waals surface area contributed by atoms with Crippen molar-refractivity contribution < 1.29 is 5.11 Å². The van der Waals surface area contributed by atoms with Crippen LogP contribution in [0.15, 0.2) is 72.8 Å². The van der Waals surface area contributed by atoms with Crippen molar-refractivity contribution in [1.82, 2.24) is 0 Å². The van der Waals surface area contributed by atoms with E-state index in [0.29, 0.717) is 5.75 Å². The molecule has 0 saturated heterocycles. The molecule has 0 radical (unpaired) electrons. The molecule has 0 spiro atoms. The lowest BCUT2D eigenvalue weighted by molar-refractivity contribution is 0.284. The fourth-order valence-corrected chi connectivity index (χ4v) is 4.13. The van der Waals surface area contributed by atoms with E-state index in [1.165, 1.54) is 5.56 Å². The minimum Gasteiger partial charge on any atom is -0.507 e. The highest BCUT2D eigenvalue weighted by molar-refractivity contribution is 5.83. The number of benzene rings is 3. The summed E-state index contributed by atoms with van der Waals surface area (Å²) >= 11 is 0. The van der Waals surface area contributed by atoms with Crippen molar-refractivity contribution in [3.05, 3.63) is 78.4 Å². The van der Waals surface area contributed by atoms with Gasteiger partial charge in [0.25, 0.3) is 0 Å². The Morgan fingerprint density at radius 1 is 0.667 bits per heavy atom. The van der Waals surface area contributed by atoms with Gasteiger partial charge in [-0.15, -0.1) is 0 Å². The molecule has 1 nitrogen and oxygen atoms in total. The second-order valence-corrected chi connectivity index (χ2v) is 9.27. The van der Waals surface area contributed by atoms with Gasteiger partial charge in [0.1, 0.15) is 5.75 Å². The van der Waals surface area contributed by atoms with Crippen LogP contribution in [0.2, 0.25) is 0 Å². The monoisotopic (exact) mass is 358 g/mol. The number of rotatable bonds is 4. The zero-order valence-corrected chi connectivity index (χ0v) is 17.1. The van der Waals surface area contributed by atoms with Crippen molar-refractivity contribution in [3.63, 3.8) is 0 Å². The second kappa shape index (κ2) is 7.23. The van der Waals surface area contributed by atoms with Crippen LogP contribution >= 0.6 is 0 Å². The zero-order chi connectivity index (χ0) is 19.7.